The van der Waals surface area contributed by atoms with Gasteiger partial charge >= 0.3 is 6.09 Å². The molecule has 1 aliphatic rings. The third-order valence-electron chi connectivity index (χ3n) is 6.27. The fourth-order valence-corrected chi connectivity index (χ4v) is 4.47. The first-order valence-electron chi connectivity index (χ1n) is 12.5. The van der Waals surface area contributed by atoms with Crippen LogP contribution in [-0.2, 0) is 4.74 Å². The van der Waals surface area contributed by atoms with Crippen LogP contribution in [0.3, 0.4) is 0 Å². The zero-order valence-corrected chi connectivity index (χ0v) is 21.6. The summed E-state index contributed by atoms with van der Waals surface area (Å²) in [5.41, 5.74) is 6.42. The maximum atomic E-state index is 12.1. The van der Waals surface area contributed by atoms with Crippen LogP contribution in [-0.4, -0.2) is 45.8 Å². The third-order valence-corrected chi connectivity index (χ3v) is 6.27. The van der Waals surface area contributed by atoms with Gasteiger partial charge in [-0.2, -0.15) is 0 Å². The molecule has 3 heterocycles. The number of benzene rings is 2. The summed E-state index contributed by atoms with van der Waals surface area (Å²) >= 11 is 0. The average molecular weight is 497 g/mol. The normalized spacial score (nSPS) is 14.6. The van der Waals surface area contributed by atoms with Gasteiger partial charge in [-0.15, -0.1) is 0 Å². The summed E-state index contributed by atoms with van der Waals surface area (Å²) in [5, 5.41) is 6.54. The molecule has 0 radical (unpaired) electrons. The van der Waals surface area contributed by atoms with E-state index >= 15 is 0 Å². The Hall–Kier alpha value is -4.20. The van der Waals surface area contributed by atoms with E-state index in [0.29, 0.717) is 0 Å². The predicted octanol–water partition coefficient (Wildman–Crippen LogP) is 5.58. The van der Waals surface area contributed by atoms with Crippen LogP contribution in [0.15, 0.2) is 73.3 Å². The molecule has 1 saturated heterocycles. The lowest BCUT2D eigenvalue weighted by atomic mass is 10.00. The van der Waals surface area contributed by atoms with Gasteiger partial charge < -0.3 is 20.3 Å². The highest BCUT2D eigenvalue weighted by atomic mass is 16.6. The molecule has 2 aromatic heterocycles. The minimum Gasteiger partial charge on any atom is -0.444 e. The van der Waals surface area contributed by atoms with Crippen molar-refractivity contribution in [2.75, 3.05) is 23.3 Å². The number of amides is 1. The van der Waals surface area contributed by atoms with E-state index in [9.17, 15) is 4.79 Å². The van der Waals surface area contributed by atoms with Crippen molar-refractivity contribution in [2.45, 2.75) is 45.4 Å². The zero-order chi connectivity index (χ0) is 26.0. The molecule has 1 fully saturated rings. The Morgan fingerprint density at radius 1 is 1.05 bits per heavy atom. The van der Waals surface area contributed by atoms with Crippen LogP contribution < -0.4 is 15.5 Å². The van der Waals surface area contributed by atoms with Crippen LogP contribution in [0.5, 0.6) is 0 Å². The van der Waals surface area contributed by atoms with Crippen molar-refractivity contribution in [3.8, 4) is 11.1 Å². The highest BCUT2D eigenvalue weighted by molar-refractivity contribution is 5.95. The van der Waals surface area contributed by atoms with Crippen LogP contribution in [0, 0.1) is 0 Å². The van der Waals surface area contributed by atoms with Gasteiger partial charge in [0.1, 0.15) is 5.60 Å². The number of hydrogen-bond donors (Lipinski definition) is 2. The number of alkyl carbamates (subject to hydrolysis) is 1. The molecule has 5 rings (SSSR count). The number of aromatic nitrogens is 3. The summed E-state index contributed by atoms with van der Waals surface area (Å²) in [6.07, 6.45) is 6.72. The summed E-state index contributed by atoms with van der Waals surface area (Å²) in [4.78, 5) is 27.8. The van der Waals surface area contributed by atoms with Crippen molar-refractivity contribution >= 4 is 28.5 Å². The van der Waals surface area contributed by atoms with Gasteiger partial charge in [0, 0.05) is 54.8 Å². The number of carbonyl (C=O) groups excluding carboxylic acids is 1. The van der Waals surface area contributed by atoms with E-state index in [2.05, 4.69) is 73.8 Å². The second kappa shape index (κ2) is 10.0. The van der Waals surface area contributed by atoms with Crippen molar-refractivity contribution in [3.63, 3.8) is 0 Å². The zero-order valence-electron chi connectivity index (χ0n) is 21.6. The Bertz CT molecular complexity index is 1400. The maximum absolute atomic E-state index is 12.1. The van der Waals surface area contributed by atoms with E-state index in [1.165, 1.54) is 0 Å². The Morgan fingerprint density at radius 2 is 1.86 bits per heavy atom. The number of anilines is 2. The molecule has 190 valence electrons. The van der Waals surface area contributed by atoms with Gasteiger partial charge in [-0.3, -0.25) is 15.0 Å². The monoisotopic (exact) mass is 496 g/mol. The van der Waals surface area contributed by atoms with Gasteiger partial charge in [-0.1, -0.05) is 18.2 Å². The minimum atomic E-state index is -0.507. The van der Waals surface area contributed by atoms with Gasteiger partial charge in [0.05, 0.1) is 23.1 Å². The van der Waals surface area contributed by atoms with Crippen LogP contribution in [0.2, 0.25) is 0 Å². The largest absolute Gasteiger partial charge is 0.444 e. The van der Waals surface area contributed by atoms with Crippen LogP contribution in [0.4, 0.5) is 16.2 Å². The molecule has 0 saturated carbocycles. The lowest BCUT2D eigenvalue weighted by Crippen LogP contribution is -2.60. The molecule has 2 N–H and O–H groups in total. The van der Waals surface area contributed by atoms with E-state index in [0.717, 1.165) is 52.2 Å². The highest BCUT2D eigenvalue weighted by Gasteiger charge is 2.30. The average Bonchev–Trinajstić information content (AvgIpc) is 2.85. The number of carbonyl (C=O) groups is 1. The summed E-state index contributed by atoms with van der Waals surface area (Å²) in [5.74, 6) is 0. The molecule has 1 atom stereocenters. The number of hydrogen-bond acceptors (Lipinski definition) is 7. The first-order chi connectivity index (χ1) is 17.7. The smallest absolute Gasteiger partial charge is 0.407 e. The maximum Gasteiger partial charge on any atom is 0.407 e. The van der Waals surface area contributed by atoms with Gasteiger partial charge in [-0.25, -0.2) is 4.79 Å². The van der Waals surface area contributed by atoms with E-state index in [4.69, 9.17) is 4.74 Å². The number of nitrogens with zero attached hydrogens (tertiary/aromatic N) is 4. The fraction of sp³-hybridized carbons (Fsp3) is 0.310. The van der Waals surface area contributed by atoms with Crippen molar-refractivity contribution in [3.05, 3.63) is 78.9 Å². The topological polar surface area (TPSA) is 92.3 Å². The summed E-state index contributed by atoms with van der Waals surface area (Å²) < 4.78 is 5.38. The molecule has 0 spiro atoms. The SMILES string of the molecule is CC(Nc1cc(-c2cccc(N3CC(NC(=O)OC(C)(C)C)C3)c2)c2nccnc2c1)c1cccnc1. The first-order valence-corrected chi connectivity index (χ1v) is 12.5. The van der Waals surface area contributed by atoms with E-state index < -0.39 is 5.60 Å². The van der Waals surface area contributed by atoms with Crippen LogP contribution in [0.1, 0.15) is 39.3 Å². The number of ether oxygens (including phenoxy) is 1. The molecular formula is C29H32N6O2. The Labute approximate surface area is 217 Å². The highest BCUT2D eigenvalue weighted by Crippen LogP contribution is 2.34. The van der Waals surface area contributed by atoms with E-state index in [-0.39, 0.29) is 18.2 Å². The van der Waals surface area contributed by atoms with Crippen molar-refractivity contribution in [1.82, 2.24) is 20.3 Å². The minimum absolute atomic E-state index is 0.0618. The Balaban J connectivity index is 1.36. The molecule has 0 aliphatic carbocycles. The van der Waals surface area contributed by atoms with Crippen molar-refractivity contribution in [1.29, 1.82) is 0 Å². The fourth-order valence-electron chi connectivity index (χ4n) is 4.47. The standard InChI is InChI=1S/C29H32N6O2/c1-19(21-8-6-10-30-16-21)33-22-14-25(27-26(15-22)31-11-12-32-27)20-7-5-9-24(13-20)35-17-23(18-35)34-28(36)37-29(2,3)4/h5-16,19,23,33H,17-18H2,1-4H3,(H,34,36). The van der Waals surface area contributed by atoms with Gasteiger partial charge in [0.25, 0.3) is 0 Å². The number of fused-ring (bicyclic) bond motifs is 1. The lowest BCUT2D eigenvalue weighted by Gasteiger charge is -2.41. The summed E-state index contributed by atoms with van der Waals surface area (Å²) in [7, 11) is 0. The predicted molar refractivity (Wildman–Crippen MR) is 147 cm³/mol. The van der Waals surface area contributed by atoms with Gasteiger partial charge in [0.2, 0.25) is 0 Å². The molecule has 1 aliphatic heterocycles. The molecule has 0 bridgehead atoms. The molecule has 8 heteroatoms. The number of nitrogens with one attached hydrogen (secondary N) is 2. The molecule has 2 aromatic carbocycles. The van der Waals surface area contributed by atoms with Crippen LogP contribution in [0.25, 0.3) is 22.2 Å². The molecular weight excluding hydrogens is 464 g/mol. The summed E-state index contributed by atoms with van der Waals surface area (Å²) in [6, 6.07) is 16.7. The first kappa shape index (κ1) is 24.5. The Kier molecular flexibility index (Phi) is 6.65. The van der Waals surface area contributed by atoms with Gasteiger partial charge in [-0.05, 0) is 69.2 Å². The molecule has 4 aromatic rings. The molecule has 8 nitrogen and oxygen atoms in total. The van der Waals surface area contributed by atoms with Crippen LogP contribution >= 0.6 is 0 Å². The quantitative estimate of drug-likeness (QED) is 0.360. The molecule has 1 unspecified atom stereocenters. The van der Waals surface area contributed by atoms with E-state index in [1.807, 2.05) is 39.1 Å². The van der Waals surface area contributed by atoms with Gasteiger partial charge in [0.15, 0.2) is 0 Å². The van der Waals surface area contributed by atoms with Crippen molar-refractivity contribution < 1.29 is 9.53 Å². The number of pyridine rings is 1. The second-order valence-electron chi connectivity index (χ2n) is 10.4. The lowest BCUT2D eigenvalue weighted by molar-refractivity contribution is 0.0496. The molecule has 1 amide bonds. The summed E-state index contributed by atoms with van der Waals surface area (Å²) in [6.45, 7) is 9.17. The van der Waals surface area contributed by atoms with Crippen molar-refractivity contribution in [2.24, 2.45) is 0 Å². The molecule has 37 heavy (non-hydrogen) atoms. The number of rotatable bonds is 6. The third kappa shape index (κ3) is 5.80. The Morgan fingerprint density at radius 3 is 2.62 bits per heavy atom. The van der Waals surface area contributed by atoms with E-state index in [1.54, 1.807) is 18.6 Å². The second-order valence-corrected chi connectivity index (χ2v) is 10.4.